The molecule has 1 aliphatic heterocycles. The van der Waals surface area contributed by atoms with Crippen molar-refractivity contribution < 1.29 is 23.5 Å². The number of piperidine rings is 1. The molecular weight excluding hydrogens is 349 g/mol. The van der Waals surface area contributed by atoms with Gasteiger partial charge in [0, 0.05) is 25.9 Å². The molecule has 1 saturated heterocycles. The maximum atomic E-state index is 13.2. The van der Waals surface area contributed by atoms with Crippen LogP contribution in [0.1, 0.15) is 24.8 Å². The lowest BCUT2D eigenvalue weighted by molar-refractivity contribution is -0.143. The van der Waals surface area contributed by atoms with Crippen LogP contribution in [-0.2, 0) is 9.53 Å². The fourth-order valence-electron chi connectivity index (χ4n) is 3.39. The molecule has 0 unspecified atom stereocenters. The number of rotatable bonds is 4. The van der Waals surface area contributed by atoms with E-state index in [9.17, 15) is 14.0 Å². The van der Waals surface area contributed by atoms with E-state index in [1.807, 2.05) is 6.07 Å². The first-order valence-corrected chi connectivity index (χ1v) is 8.93. The summed E-state index contributed by atoms with van der Waals surface area (Å²) >= 11 is 0. The summed E-state index contributed by atoms with van der Waals surface area (Å²) in [5.74, 6) is -0.183. The highest BCUT2D eigenvalue weighted by atomic mass is 19.1. The Labute approximate surface area is 157 Å². The number of nitrogens with zero attached hydrogens (tertiary/aromatic N) is 1. The van der Waals surface area contributed by atoms with Gasteiger partial charge in [0.15, 0.2) is 0 Å². The zero-order chi connectivity index (χ0) is 19.2. The summed E-state index contributed by atoms with van der Waals surface area (Å²) in [5, 5.41) is 0. The van der Waals surface area contributed by atoms with Gasteiger partial charge >= 0.3 is 12.1 Å². The van der Waals surface area contributed by atoms with Gasteiger partial charge in [-0.15, -0.1) is 0 Å². The van der Waals surface area contributed by atoms with E-state index >= 15 is 0 Å². The molecule has 0 radical (unpaired) electrons. The predicted molar refractivity (Wildman–Crippen MR) is 97.9 cm³/mol. The minimum atomic E-state index is -0.424. The van der Waals surface area contributed by atoms with Gasteiger partial charge in [0.1, 0.15) is 11.6 Å². The van der Waals surface area contributed by atoms with Crippen molar-refractivity contribution in [3.63, 3.8) is 0 Å². The number of likely N-dealkylation sites (tertiary alicyclic amines) is 1. The van der Waals surface area contributed by atoms with E-state index < -0.39 is 6.09 Å². The molecule has 1 fully saturated rings. The third-order valence-corrected chi connectivity index (χ3v) is 4.74. The maximum absolute atomic E-state index is 13.2. The number of hydrogen-bond acceptors (Lipinski definition) is 4. The van der Waals surface area contributed by atoms with Crippen LogP contribution in [0.3, 0.4) is 0 Å². The zero-order valence-corrected chi connectivity index (χ0v) is 15.1. The Balaban J connectivity index is 1.71. The van der Waals surface area contributed by atoms with Crippen LogP contribution in [0.4, 0.5) is 9.18 Å². The normalized spacial score (nSPS) is 19.4. The van der Waals surface area contributed by atoms with Crippen LogP contribution in [0.2, 0.25) is 0 Å². The van der Waals surface area contributed by atoms with Crippen molar-refractivity contribution in [3.8, 4) is 5.75 Å². The Hall–Kier alpha value is -2.89. The molecule has 0 saturated carbocycles. The van der Waals surface area contributed by atoms with E-state index in [4.69, 9.17) is 9.47 Å². The third kappa shape index (κ3) is 5.06. The van der Waals surface area contributed by atoms with Crippen LogP contribution in [-0.4, -0.2) is 36.7 Å². The summed E-state index contributed by atoms with van der Waals surface area (Å²) in [5.41, 5.74) is 0.977. The number of amides is 1. The highest BCUT2D eigenvalue weighted by Crippen LogP contribution is 2.34. The van der Waals surface area contributed by atoms with E-state index in [1.165, 1.54) is 19.1 Å². The molecule has 1 aliphatic rings. The standard InChI is InChI=1S/C21H22FNO4/c1-15(24)26-14-17-13-23(21(25)27-19-5-3-2-4-6-19)12-11-20(17)16-7-9-18(22)10-8-16/h2-10,17,20H,11-14H2,1H3/t17-,20-/m0/s1. The highest BCUT2D eigenvalue weighted by Gasteiger charge is 2.34. The molecule has 0 aliphatic carbocycles. The monoisotopic (exact) mass is 371 g/mol. The van der Waals surface area contributed by atoms with Gasteiger partial charge in [0.05, 0.1) is 6.61 Å². The number of carbonyl (C=O) groups is 2. The number of para-hydroxylation sites is 1. The van der Waals surface area contributed by atoms with Gasteiger partial charge in [-0.2, -0.15) is 0 Å². The number of halogens is 1. The van der Waals surface area contributed by atoms with Crippen molar-refractivity contribution in [1.82, 2.24) is 4.90 Å². The van der Waals surface area contributed by atoms with Crippen molar-refractivity contribution in [2.45, 2.75) is 19.3 Å². The molecule has 2 atom stereocenters. The maximum Gasteiger partial charge on any atom is 0.415 e. The fourth-order valence-corrected chi connectivity index (χ4v) is 3.39. The molecule has 3 rings (SSSR count). The average Bonchev–Trinajstić information content (AvgIpc) is 2.67. The lowest BCUT2D eigenvalue weighted by atomic mass is 9.81. The van der Waals surface area contributed by atoms with Crippen molar-refractivity contribution in [1.29, 1.82) is 0 Å². The van der Waals surface area contributed by atoms with Gasteiger partial charge in [0.25, 0.3) is 0 Å². The molecule has 5 nitrogen and oxygen atoms in total. The van der Waals surface area contributed by atoms with Gasteiger partial charge in [-0.25, -0.2) is 9.18 Å². The SMILES string of the molecule is CC(=O)OC[C@@H]1CN(C(=O)Oc2ccccc2)CC[C@H]1c1ccc(F)cc1. The lowest BCUT2D eigenvalue weighted by Gasteiger charge is -2.37. The Morgan fingerprint density at radius 3 is 2.48 bits per heavy atom. The average molecular weight is 371 g/mol. The van der Waals surface area contributed by atoms with Crippen molar-refractivity contribution in [2.24, 2.45) is 5.92 Å². The number of ether oxygens (including phenoxy) is 2. The summed E-state index contributed by atoms with van der Waals surface area (Å²) in [6.45, 7) is 2.48. The Bertz CT molecular complexity index is 779. The van der Waals surface area contributed by atoms with E-state index in [1.54, 1.807) is 41.3 Å². The van der Waals surface area contributed by atoms with E-state index in [0.29, 0.717) is 25.3 Å². The molecular formula is C21H22FNO4. The molecule has 0 spiro atoms. The fraction of sp³-hybridized carbons (Fsp3) is 0.333. The van der Waals surface area contributed by atoms with Gasteiger partial charge in [-0.1, -0.05) is 30.3 Å². The number of hydrogen-bond donors (Lipinski definition) is 0. The summed E-state index contributed by atoms with van der Waals surface area (Å²) in [7, 11) is 0. The second-order valence-electron chi connectivity index (χ2n) is 6.64. The second kappa shape index (κ2) is 8.66. The van der Waals surface area contributed by atoms with Crippen LogP contribution in [0.25, 0.3) is 0 Å². The summed E-state index contributed by atoms with van der Waals surface area (Å²) in [6.07, 6.45) is 0.258. The molecule has 0 aromatic heterocycles. The summed E-state index contributed by atoms with van der Waals surface area (Å²) in [4.78, 5) is 25.4. The quantitative estimate of drug-likeness (QED) is 0.763. The van der Waals surface area contributed by atoms with E-state index in [0.717, 1.165) is 5.56 Å². The molecule has 1 heterocycles. The molecule has 6 heteroatoms. The van der Waals surface area contributed by atoms with Crippen LogP contribution in [0, 0.1) is 11.7 Å². The number of esters is 1. The van der Waals surface area contributed by atoms with Crippen LogP contribution in [0.15, 0.2) is 54.6 Å². The molecule has 2 aromatic rings. The van der Waals surface area contributed by atoms with Crippen molar-refractivity contribution >= 4 is 12.1 Å². The minimum Gasteiger partial charge on any atom is -0.465 e. The van der Waals surface area contributed by atoms with Crippen LogP contribution < -0.4 is 4.74 Å². The third-order valence-electron chi connectivity index (χ3n) is 4.74. The number of benzene rings is 2. The van der Waals surface area contributed by atoms with E-state index in [2.05, 4.69) is 0 Å². The lowest BCUT2D eigenvalue weighted by Crippen LogP contribution is -2.45. The van der Waals surface area contributed by atoms with Crippen LogP contribution in [0.5, 0.6) is 5.75 Å². The number of carbonyl (C=O) groups excluding carboxylic acids is 2. The van der Waals surface area contributed by atoms with Crippen molar-refractivity contribution in [2.75, 3.05) is 19.7 Å². The highest BCUT2D eigenvalue weighted by molar-refractivity contribution is 5.71. The first-order chi connectivity index (χ1) is 13.0. The molecule has 0 bridgehead atoms. The first kappa shape index (κ1) is 18.9. The molecule has 1 amide bonds. The smallest absolute Gasteiger partial charge is 0.415 e. The molecule has 0 N–H and O–H groups in total. The Morgan fingerprint density at radius 1 is 1.11 bits per heavy atom. The summed E-state index contributed by atoms with van der Waals surface area (Å²) < 4.78 is 23.9. The minimum absolute atomic E-state index is 0.0747. The first-order valence-electron chi connectivity index (χ1n) is 8.93. The van der Waals surface area contributed by atoms with E-state index in [-0.39, 0.29) is 30.2 Å². The zero-order valence-electron chi connectivity index (χ0n) is 15.1. The van der Waals surface area contributed by atoms with Gasteiger partial charge in [-0.3, -0.25) is 4.79 Å². The molecule has 2 aromatic carbocycles. The molecule has 142 valence electrons. The topological polar surface area (TPSA) is 55.8 Å². The Morgan fingerprint density at radius 2 is 1.81 bits per heavy atom. The van der Waals surface area contributed by atoms with Gasteiger partial charge in [0.2, 0.25) is 0 Å². The summed E-state index contributed by atoms with van der Waals surface area (Å²) in [6, 6.07) is 15.2. The van der Waals surface area contributed by atoms with Crippen LogP contribution >= 0.6 is 0 Å². The second-order valence-corrected chi connectivity index (χ2v) is 6.64. The van der Waals surface area contributed by atoms with Gasteiger partial charge in [-0.05, 0) is 42.2 Å². The molecule has 27 heavy (non-hydrogen) atoms. The largest absolute Gasteiger partial charge is 0.465 e. The van der Waals surface area contributed by atoms with Gasteiger partial charge < -0.3 is 14.4 Å². The van der Waals surface area contributed by atoms with Crippen molar-refractivity contribution in [3.05, 3.63) is 66.0 Å². The predicted octanol–water partition coefficient (Wildman–Crippen LogP) is 3.99. The Kier molecular flexibility index (Phi) is 6.06.